The summed E-state index contributed by atoms with van der Waals surface area (Å²) < 4.78 is 27.1. The van der Waals surface area contributed by atoms with E-state index in [0.29, 0.717) is 21.0 Å². The lowest BCUT2D eigenvalue weighted by Gasteiger charge is -2.08. The third kappa shape index (κ3) is 3.37. The number of nitrogens with two attached hydrogens (primary N) is 1. The van der Waals surface area contributed by atoms with Crippen molar-refractivity contribution in [3.05, 3.63) is 46.0 Å². The summed E-state index contributed by atoms with van der Waals surface area (Å²) in [6.45, 7) is 0. The minimum absolute atomic E-state index is 0.0978. The van der Waals surface area contributed by atoms with Crippen molar-refractivity contribution >= 4 is 49.1 Å². The summed E-state index contributed by atoms with van der Waals surface area (Å²) in [6.07, 6.45) is 1.35. The van der Waals surface area contributed by atoms with Gasteiger partial charge in [-0.25, -0.2) is 13.4 Å². The van der Waals surface area contributed by atoms with Crippen molar-refractivity contribution in [3.63, 3.8) is 0 Å². The molecule has 0 radical (unpaired) electrons. The highest BCUT2D eigenvalue weighted by Crippen LogP contribution is 2.26. The lowest BCUT2D eigenvalue weighted by Crippen LogP contribution is -2.13. The monoisotopic (exact) mass is 361 g/mol. The predicted molar refractivity (Wildman–Crippen MR) is 78.6 cm³/mol. The maximum atomic E-state index is 12.1. The van der Waals surface area contributed by atoms with E-state index >= 15 is 0 Å². The maximum Gasteiger partial charge on any atom is 0.261 e. The fourth-order valence-electron chi connectivity index (χ4n) is 1.32. The molecule has 0 aliphatic rings. The average Bonchev–Trinajstić information content (AvgIpc) is 2.35. The van der Waals surface area contributed by atoms with Crippen molar-refractivity contribution in [2.45, 2.75) is 4.90 Å². The first kappa shape index (κ1) is 14.1. The summed E-state index contributed by atoms with van der Waals surface area (Å²) in [7, 11) is -3.68. The molecule has 0 spiro atoms. The number of rotatable bonds is 3. The lowest BCUT2D eigenvalue weighted by molar-refractivity contribution is 0.601. The fraction of sp³-hybridized carbons (Fsp3) is 0. The number of halogens is 2. The molecular formula is C11H9BrClN3O2S. The van der Waals surface area contributed by atoms with Gasteiger partial charge in [-0.05, 0) is 46.3 Å². The van der Waals surface area contributed by atoms with Gasteiger partial charge >= 0.3 is 0 Å². The molecule has 100 valence electrons. The number of nitrogens with zero attached hydrogens (tertiary/aromatic N) is 1. The van der Waals surface area contributed by atoms with Crippen LogP contribution in [-0.2, 0) is 10.0 Å². The van der Waals surface area contributed by atoms with Crippen LogP contribution in [0.3, 0.4) is 0 Å². The molecule has 2 rings (SSSR count). The molecule has 0 saturated heterocycles. The minimum atomic E-state index is -3.68. The third-order valence-corrected chi connectivity index (χ3v) is 4.83. The van der Waals surface area contributed by atoms with Crippen LogP contribution in [0, 0.1) is 0 Å². The molecule has 0 unspecified atom stereocenters. The Kier molecular flexibility index (Phi) is 3.98. The predicted octanol–water partition coefficient (Wildman–Crippen LogP) is 2.88. The molecule has 2 aromatic rings. The Labute approximate surface area is 124 Å². The summed E-state index contributed by atoms with van der Waals surface area (Å²) in [5, 5.41) is 0.438. The van der Waals surface area contributed by atoms with E-state index in [2.05, 4.69) is 25.6 Å². The van der Waals surface area contributed by atoms with Gasteiger partial charge in [0.25, 0.3) is 10.0 Å². The molecule has 0 atom stereocenters. The number of anilines is 2. The number of pyridine rings is 1. The number of aromatic nitrogens is 1. The molecule has 0 aliphatic carbocycles. The van der Waals surface area contributed by atoms with E-state index in [0.717, 1.165) is 0 Å². The summed E-state index contributed by atoms with van der Waals surface area (Å²) in [6, 6.07) is 7.39. The highest BCUT2D eigenvalue weighted by Gasteiger charge is 2.15. The zero-order valence-electron chi connectivity index (χ0n) is 9.47. The second-order valence-corrected chi connectivity index (χ2v) is 6.60. The highest BCUT2D eigenvalue weighted by molar-refractivity contribution is 9.10. The van der Waals surface area contributed by atoms with Crippen LogP contribution in [0.2, 0.25) is 5.02 Å². The van der Waals surface area contributed by atoms with Crippen molar-refractivity contribution in [3.8, 4) is 0 Å². The summed E-state index contributed by atoms with van der Waals surface area (Å²) >= 11 is 9.00. The molecule has 0 fully saturated rings. The number of hydrogen-bond acceptors (Lipinski definition) is 4. The Morgan fingerprint density at radius 1 is 1.26 bits per heavy atom. The van der Waals surface area contributed by atoms with Crippen molar-refractivity contribution in [2.24, 2.45) is 0 Å². The van der Waals surface area contributed by atoms with Gasteiger partial charge in [0.05, 0.1) is 21.8 Å². The van der Waals surface area contributed by atoms with Gasteiger partial charge in [0.1, 0.15) is 5.82 Å². The quantitative estimate of drug-likeness (QED) is 0.879. The number of sulfonamides is 1. The van der Waals surface area contributed by atoms with Crippen LogP contribution >= 0.6 is 27.5 Å². The molecule has 0 bridgehead atoms. The first-order chi connectivity index (χ1) is 8.88. The normalized spacial score (nSPS) is 11.3. The molecule has 5 nitrogen and oxygen atoms in total. The van der Waals surface area contributed by atoms with Gasteiger partial charge in [0.2, 0.25) is 0 Å². The zero-order chi connectivity index (χ0) is 14.0. The Morgan fingerprint density at radius 3 is 2.58 bits per heavy atom. The summed E-state index contributed by atoms with van der Waals surface area (Å²) in [5.41, 5.74) is 5.76. The van der Waals surface area contributed by atoms with E-state index in [-0.39, 0.29) is 4.90 Å². The molecule has 1 aromatic heterocycles. The molecular weight excluding hydrogens is 354 g/mol. The number of benzene rings is 1. The number of hydrogen-bond donors (Lipinski definition) is 2. The zero-order valence-corrected chi connectivity index (χ0v) is 12.6. The van der Waals surface area contributed by atoms with E-state index in [4.69, 9.17) is 17.3 Å². The molecule has 8 heteroatoms. The lowest BCUT2D eigenvalue weighted by atomic mass is 10.4. The smallest absolute Gasteiger partial charge is 0.261 e. The average molecular weight is 363 g/mol. The van der Waals surface area contributed by atoms with Gasteiger partial charge in [0.15, 0.2) is 0 Å². The molecule has 19 heavy (non-hydrogen) atoms. The van der Waals surface area contributed by atoms with Gasteiger partial charge in [-0.2, -0.15) is 0 Å². The van der Waals surface area contributed by atoms with Crippen LogP contribution in [0.1, 0.15) is 0 Å². The van der Waals surface area contributed by atoms with Gasteiger partial charge < -0.3 is 5.73 Å². The topological polar surface area (TPSA) is 85.1 Å². The van der Waals surface area contributed by atoms with Crippen molar-refractivity contribution in [1.29, 1.82) is 0 Å². The van der Waals surface area contributed by atoms with Crippen LogP contribution in [-0.4, -0.2) is 13.4 Å². The Hall–Kier alpha value is -1.31. The molecule has 3 N–H and O–H groups in total. The van der Waals surface area contributed by atoms with Crippen LogP contribution in [0.4, 0.5) is 11.5 Å². The highest BCUT2D eigenvalue weighted by atomic mass is 79.9. The van der Waals surface area contributed by atoms with Crippen LogP contribution in [0.15, 0.2) is 45.9 Å². The summed E-state index contributed by atoms with van der Waals surface area (Å²) in [5.74, 6) is 0.317. The fourth-order valence-corrected chi connectivity index (χ4v) is 3.04. The van der Waals surface area contributed by atoms with E-state index in [1.165, 1.54) is 36.5 Å². The Balaban J connectivity index is 2.32. The molecule has 1 aromatic carbocycles. The number of nitrogen functional groups attached to an aromatic ring is 1. The van der Waals surface area contributed by atoms with Gasteiger partial charge in [0, 0.05) is 4.47 Å². The second-order valence-electron chi connectivity index (χ2n) is 3.65. The van der Waals surface area contributed by atoms with Gasteiger partial charge in [-0.3, -0.25) is 4.72 Å². The van der Waals surface area contributed by atoms with E-state index in [9.17, 15) is 8.42 Å². The van der Waals surface area contributed by atoms with Gasteiger partial charge in [-0.15, -0.1) is 0 Å². The largest absolute Gasteiger partial charge is 0.384 e. The van der Waals surface area contributed by atoms with Crippen LogP contribution < -0.4 is 10.5 Å². The van der Waals surface area contributed by atoms with Crippen molar-refractivity contribution < 1.29 is 8.42 Å². The first-order valence-corrected chi connectivity index (χ1v) is 7.73. The van der Waals surface area contributed by atoms with Crippen LogP contribution in [0.25, 0.3) is 0 Å². The molecule has 0 amide bonds. The minimum Gasteiger partial charge on any atom is -0.384 e. The number of nitrogens with one attached hydrogen (secondary N) is 1. The second kappa shape index (κ2) is 5.36. The van der Waals surface area contributed by atoms with E-state index in [1.807, 2.05) is 0 Å². The molecule has 0 aliphatic heterocycles. The molecule has 0 saturated carbocycles. The van der Waals surface area contributed by atoms with Gasteiger partial charge in [-0.1, -0.05) is 11.6 Å². The standard InChI is InChI=1S/C11H9BrClN3O2S/c12-9-5-8(2-3-10(9)13)19(17,18)16-7-1-4-11(14)15-6-7/h1-6,16H,(H2,14,15). The van der Waals surface area contributed by atoms with Crippen molar-refractivity contribution in [1.82, 2.24) is 4.98 Å². The van der Waals surface area contributed by atoms with E-state index in [1.54, 1.807) is 0 Å². The Morgan fingerprint density at radius 2 is 2.00 bits per heavy atom. The van der Waals surface area contributed by atoms with Crippen LogP contribution in [0.5, 0.6) is 0 Å². The first-order valence-electron chi connectivity index (χ1n) is 5.08. The SMILES string of the molecule is Nc1ccc(NS(=O)(=O)c2ccc(Cl)c(Br)c2)cn1. The molecule has 1 heterocycles. The maximum absolute atomic E-state index is 12.1. The van der Waals surface area contributed by atoms with Crippen molar-refractivity contribution in [2.75, 3.05) is 10.5 Å². The Bertz CT molecular complexity index is 704. The third-order valence-electron chi connectivity index (χ3n) is 2.24. The van der Waals surface area contributed by atoms with E-state index < -0.39 is 10.0 Å². The summed E-state index contributed by atoms with van der Waals surface area (Å²) in [4.78, 5) is 3.91.